The number of hydrogen-bond donors (Lipinski definition) is 0. The molecule has 1 aliphatic carbocycles. The first-order valence-corrected chi connectivity index (χ1v) is 6.81. The second-order valence-electron chi connectivity index (χ2n) is 5.82. The third-order valence-electron chi connectivity index (χ3n) is 4.49. The first-order valence-electron chi connectivity index (χ1n) is 6.81. The van der Waals surface area contributed by atoms with Gasteiger partial charge in [0.15, 0.2) is 0 Å². The third-order valence-corrected chi connectivity index (χ3v) is 4.49. The Balaban J connectivity index is 1.90. The van der Waals surface area contributed by atoms with Crippen molar-refractivity contribution < 1.29 is 14.3 Å². The van der Waals surface area contributed by atoms with E-state index in [9.17, 15) is 4.79 Å². The molecule has 0 unspecified atom stereocenters. The van der Waals surface area contributed by atoms with E-state index in [1.807, 2.05) is 0 Å². The van der Waals surface area contributed by atoms with Crippen molar-refractivity contribution in [2.45, 2.75) is 51.4 Å². The van der Waals surface area contributed by atoms with Gasteiger partial charge in [-0.2, -0.15) is 0 Å². The molecule has 3 rings (SSSR count). The normalized spacial score (nSPS) is 43.7. The molecule has 2 heterocycles. The molecule has 3 aliphatic rings. The van der Waals surface area contributed by atoms with Crippen molar-refractivity contribution in [3.8, 4) is 0 Å². The van der Waals surface area contributed by atoms with Gasteiger partial charge in [-0.25, -0.2) is 4.79 Å². The topological polar surface area (TPSA) is 35.5 Å². The SMILES string of the molecule is C=C1C(=O)O[C@@H]2C[C@H](C)C3=CC[C@@H](C)O[C@@H]3C[C@@H]12. The van der Waals surface area contributed by atoms with E-state index in [4.69, 9.17) is 9.47 Å². The Kier molecular flexibility index (Phi) is 2.81. The number of carbonyl (C=O) groups is 1. The Morgan fingerprint density at radius 2 is 2.11 bits per heavy atom. The lowest BCUT2D eigenvalue weighted by atomic mass is 9.90. The van der Waals surface area contributed by atoms with Crippen LogP contribution in [-0.2, 0) is 14.3 Å². The van der Waals surface area contributed by atoms with Crippen molar-refractivity contribution in [2.75, 3.05) is 0 Å². The zero-order valence-electron chi connectivity index (χ0n) is 11.0. The maximum Gasteiger partial charge on any atom is 0.334 e. The molecule has 0 aromatic carbocycles. The summed E-state index contributed by atoms with van der Waals surface area (Å²) in [6, 6.07) is 0. The van der Waals surface area contributed by atoms with Crippen molar-refractivity contribution >= 4 is 5.97 Å². The summed E-state index contributed by atoms with van der Waals surface area (Å²) in [5.74, 6) is 0.353. The first kappa shape index (κ1) is 12.0. The molecule has 98 valence electrons. The molecule has 0 amide bonds. The van der Waals surface area contributed by atoms with Crippen LogP contribution in [0.5, 0.6) is 0 Å². The molecule has 0 aromatic heterocycles. The summed E-state index contributed by atoms with van der Waals surface area (Å²) < 4.78 is 11.5. The zero-order chi connectivity index (χ0) is 12.9. The van der Waals surface area contributed by atoms with Crippen LogP contribution in [0.25, 0.3) is 0 Å². The van der Waals surface area contributed by atoms with E-state index < -0.39 is 0 Å². The smallest absolute Gasteiger partial charge is 0.334 e. The summed E-state index contributed by atoms with van der Waals surface area (Å²) in [5, 5.41) is 0. The van der Waals surface area contributed by atoms with E-state index in [1.54, 1.807) is 0 Å². The van der Waals surface area contributed by atoms with Crippen LogP contribution in [0.4, 0.5) is 0 Å². The maximum atomic E-state index is 11.6. The van der Waals surface area contributed by atoms with Gasteiger partial charge >= 0.3 is 5.97 Å². The molecule has 3 heteroatoms. The van der Waals surface area contributed by atoms with Crippen LogP contribution in [0.1, 0.15) is 33.1 Å². The molecule has 2 fully saturated rings. The Labute approximate surface area is 108 Å². The average molecular weight is 248 g/mol. The minimum atomic E-state index is -0.214. The highest BCUT2D eigenvalue weighted by atomic mass is 16.6. The Bertz CT molecular complexity index is 423. The summed E-state index contributed by atoms with van der Waals surface area (Å²) in [5.41, 5.74) is 2.03. The van der Waals surface area contributed by atoms with E-state index in [0.29, 0.717) is 11.5 Å². The van der Waals surface area contributed by atoms with Gasteiger partial charge < -0.3 is 9.47 Å². The summed E-state index contributed by atoms with van der Waals surface area (Å²) in [6.07, 6.45) is 5.48. The maximum absolute atomic E-state index is 11.6. The van der Waals surface area contributed by atoms with Gasteiger partial charge in [0, 0.05) is 11.5 Å². The van der Waals surface area contributed by atoms with Crippen molar-refractivity contribution in [2.24, 2.45) is 11.8 Å². The number of hydrogen-bond acceptors (Lipinski definition) is 3. The summed E-state index contributed by atoms with van der Waals surface area (Å²) in [7, 11) is 0. The Morgan fingerprint density at radius 1 is 1.33 bits per heavy atom. The predicted molar refractivity (Wildman–Crippen MR) is 67.9 cm³/mol. The number of rotatable bonds is 0. The van der Waals surface area contributed by atoms with Crippen molar-refractivity contribution in [1.82, 2.24) is 0 Å². The van der Waals surface area contributed by atoms with Crippen molar-refractivity contribution in [3.63, 3.8) is 0 Å². The summed E-state index contributed by atoms with van der Waals surface area (Å²) in [6.45, 7) is 8.20. The van der Waals surface area contributed by atoms with Crippen LogP contribution < -0.4 is 0 Å². The van der Waals surface area contributed by atoms with Gasteiger partial charge in [-0.15, -0.1) is 0 Å². The minimum Gasteiger partial charge on any atom is -0.458 e. The largest absolute Gasteiger partial charge is 0.458 e. The number of ether oxygens (including phenoxy) is 2. The molecule has 0 N–H and O–H groups in total. The number of esters is 1. The minimum absolute atomic E-state index is 0.00501. The number of carbonyl (C=O) groups excluding carboxylic acids is 1. The van der Waals surface area contributed by atoms with Crippen LogP contribution in [-0.4, -0.2) is 24.3 Å². The molecule has 18 heavy (non-hydrogen) atoms. The molecule has 2 aliphatic heterocycles. The second kappa shape index (κ2) is 4.23. The lowest BCUT2D eigenvalue weighted by molar-refractivity contribution is -0.139. The van der Waals surface area contributed by atoms with Gasteiger partial charge in [-0.05, 0) is 37.7 Å². The molecule has 0 aromatic rings. The zero-order valence-corrected chi connectivity index (χ0v) is 11.0. The summed E-state index contributed by atoms with van der Waals surface area (Å²) >= 11 is 0. The first-order chi connectivity index (χ1) is 8.56. The monoisotopic (exact) mass is 248 g/mol. The Morgan fingerprint density at radius 3 is 2.89 bits per heavy atom. The van der Waals surface area contributed by atoms with Gasteiger partial charge in [0.2, 0.25) is 0 Å². The van der Waals surface area contributed by atoms with Gasteiger partial charge in [0.05, 0.1) is 12.2 Å². The van der Waals surface area contributed by atoms with Gasteiger partial charge in [-0.1, -0.05) is 19.6 Å². The van der Waals surface area contributed by atoms with E-state index >= 15 is 0 Å². The van der Waals surface area contributed by atoms with Crippen LogP contribution in [0, 0.1) is 11.8 Å². The standard InChI is InChI=1S/C15H20O3/c1-8-6-13-12(10(3)15(16)18-13)7-14-11(8)5-4-9(2)17-14/h5,8-9,12-14H,3-4,6-7H2,1-2H3/t8-,9+,12-,13+,14+/m0/s1. The molecule has 5 atom stereocenters. The molecule has 1 saturated heterocycles. The van der Waals surface area contributed by atoms with Gasteiger partial charge in [0.1, 0.15) is 6.10 Å². The lowest BCUT2D eigenvalue weighted by Gasteiger charge is -2.31. The molecule has 0 radical (unpaired) electrons. The predicted octanol–water partition coefficient (Wildman–Crippen LogP) is 2.62. The van der Waals surface area contributed by atoms with Crippen LogP contribution >= 0.6 is 0 Å². The molecular formula is C15H20O3. The fourth-order valence-corrected chi connectivity index (χ4v) is 3.45. The van der Waals surface area contributed by atoms with Crippen LogP contribution in [0.3, 0.4) is 0 Å². The highest BCUT2D eigenvalue weighted by molar-refractivity contribution is 5.90. The molecule has 0 spiro atoms. The van der Waals surface area contributed by atoms with E-state index in [2.05, 4.69) is 26.5 Å². The molecular weight excluding hydrogens is 228 g/mol. The highest BCUT2D eigenvalue weighted by Gasteiger charge is 2.45. The van der Waals surface area contributed by atoms with E-state index in [-0.39, 0.29) is 30.2 Å². The fraction of sp³-hybridized carbons (Fsp3) is 0.667. The van der Waals surface area contributed by atoms with Crippen molar-refractivity contribution in [1.29, 1.82) is 0 Å². The molecule has 1 saturated carbocycles. The summed E-state index contributed by atoms with van der Waals surface area (Å²) in [4.78, 5) is 11.6. The van der Waals surface area contributed by atoms with E-state index in [1.165, 1.54) is 5.57 Å². The molecule has 0 bridgehead atoms. The highest BCUT2D eigenvalue weighted by Crippen LogP contribution is 2.43. The Hall–Kier alpha value is -1.09. The van der Waals surface area contributed by atoms with E-state index in [0.717, 1.165) is 19.3 Å². The van der Waals surface area contributed by atoms with Crippen LogP contribution in [0.2, 0.25) is 0 Å². The van der Waals surface area contributed by atoms with Gasteiger partial charge in [-0.3, -0.25) is 0 Å². The number of fused-ring (bicyclic) bond motifs is 2. The second-order valence-corrected chi connectivity index (χ2v) is 5.82. The third kappa shape index (κ3) is 1.81. The van der Waals surface area contributed by atoms with Gasteiger partial charge in [0.25, 0.3) is 0 Å². The quantitative estimate of drug-likeness (QED) is 0.375. The molecule has 3 nitrogen and oxygen atoms in total. The lowest BCUT2D eigenvalue weighted by Crippen LogP contribution is -2.29. The average Bonchev–Trinajstić information content (AvgIpc) is 2.51. The fourth-order valence-electron chi connectivity index (χ4n) is 3.45. The van der Waals surface area contributed by atoms with Crippen molar-refractivity contribution in [3.05, 3.63) is 23.8 Å². The van der Waals surface area contributed by atoms with Crippen LogP contribution in [0.15, 0.2) is 23.8 Å².